The van der Waals surface area contributed by atoms with Crippen molar-refractivity contribution >= 4 is 28.8 Å². The number of rotatable bonds is 4. The Hall–Kier alpha value is -2.14. The molecule has 0 unspecified atom stereocenters. The second-order valence-corrected chi connectivity index (χ2v) is 6.72. The summed E-state index contributed by atoms with van der Waals surface area (Å²) in [5.41, 5.74) is 3.73. The number of carbonyl (C=O) groups excluding carboxylic acids is 2. The van der Waals surface area contributed by atoms with Gasteiger partial charge in [-0.15, -0.1) is 11.3 Å². The van der Waals surface area contributed by atoms with Gasteiger partial charge in [-0.2, -0.15) is 0 Å². The molecule has 1 aromatic carbocycles. The standard InChI is InChI=1S/C18H20N2O2S/c1-19-17(21)10-12-6-8-13(9-7-12)20-18(22)15-11-23-16-5-3-2-4-14(15)16/h6-9,11H,2-5,10H2,1H3,(H,19,21)(H,20,22). The predicted molar refractivity (Wildman–Crippen MR) is 93.1 cm³/mol. The molecular weight excluding hydrogens is 308 g/mol. The quantitative estimate of drug-likeness (QED) is 0.906. The van der Waals surface area contributed by atoms with Gasteiger partial charge in [0.1, 0.15) is 0 Å². The fourth-order valence-corrected chi connectivity index (χ4v) is 3.99. The molecule has 1 aliphatic carbocycles. The van der Waals surface area contributed by atoms with Crippen molar-refractivity contribution in [3.8, 4) is 0 Å². The number of amides is 2. The van der Waals surface area contributed by atoms with Crippen LogP contribution in [0.2, 0.25) is 0 Å². The lowest BCUT2D eigenvalue weighted by Crippen LogP contribution is -2.19. The third kappa shape index (κ3) is 3.62. The number of hydrogen-bond donors (Lipinski definition) is 2. The highest BCUT2D eigenvalue weighted by Gasteiger charge is 2.20. The van der Waals surface area contributed by atoms with Crippen molar-refractivity contribution in [1.29, 1.82) is 0 Å². The van der Waals surface area contributed by atoms with Crippen LogP contribution < -0.4 is 10.6 Å². The Bertz CT molecular complexity index is 719. The molecule has 1 aliphatic rings. The summed E-state index contributed by atoms with van der Waals surface area (Å²) in [5.74, 6) is -0.0601. The average Bonchev–Trinajstić information content (AvgIpc) is 3.00. The molecule has 0 atom stereocenters. The van der Waals surface area contributed by atoms with Crippen molar-refractivity contribution in [1.82, 2.24) is 5.32 Å². The van der Waals surface area contributed by atoms with Crippen LogP contribution in [0.4, 0.5) is 5.69 Å². The molecule has 0 aliphatic heterocycles. The van der Waals surface area contributed by atoms with Gasteiger partial charge in [-0.3, -0.25) is 9.59 Å². The molecule has 2 N–H and O–H groups in total. The number of carbonyl (C=O) groups is 2. The van der Waals surface area contributed by atoms with E-state index in [1.807, 2.05) is 29.6 Å². The van der Waals surface area contributed by atoms with Crippen molar-refractivity contribution in [3.05, 3.63) is 51.2 Å². The summed E-state index contributed by atoms with van der Waals surface area (Å²) in [6.45, 7) is 0. The molecule has 3 rings (SSSR count). The molecule has 5 heteroatoms. The van der Waals surface area contributed by atoms with Crippen LogP contribution in [0.1, 0.15) is 39.2 Å². The fourth-order valence-electron chi connectivity index (χ4n) is 2.86. The maximum absolute atomic E-state index is 12.5. The Labute approximate surface area is 139 Å². The summed E-state index contributed by atoms with van der Waals surface area (Å²) < 4.78 is 0. The molecule has 1 heterocycles. The van der Waals surface area contributed by atoms with Crippen LogP contribution in [-0.4, -0.2) is 18.9 Å². The SMILES string of the molecule is CNC(=O)Cc1ccc(NC(=O)c2csc3c2CCCC3)cc1. The van der Waals surface area contributed by atoms with Crippen LogP contribution >= 0.6 is 11.3 Å². The lowest BCUT2D eigenvalue weighted by molar-refractivity contribution is -0.119. The van der Waals surface area contributed by atoms with E-state index < -0.39 is 0 Å². The van der Waals surface area contributed by atoms with E-state index in [2.05, 4.69) is 10.6 Å². The van der Waals surface area contributed by atoms with Crippen molar-refractivity contribution < 1.29 is 9.59 Å². The second-order valence-electron chi connectivity index (χ2n) is 5.76. The number of fused-ring (bicyclic) bond motifs is 1. The van der Waals surface area contributed by atoms with E-state index in [1.165, 1.54) is 16.9 Å². The lowest BCUT2D eigenvalue weighted by atomic mass is 9.95. The van der Waals surface area contributed by atoms with E-state index in [9.17, 15) is 9.59 Å². The van der Waals surface area contributed by atoms with E-state index in [4.69, 9.17) is 0 Å². The molecule has 0 spiro atoms. The summed E-state index contributed by atoms with van der Waals surface area (Å²) in [6.07, 6.45) is 4.84. The van der Waals surface area contributed by atoms with E-state index in [0.29, 0.717) is 6.42 Å². The van der Waals surface area contributed by atoms with Gasteiger partial charge in [0, 0.05) is 23.0 Å². The molecule has 0 bridgehead atoms. The Morgan fingerprint density at radius 3 is 2.61 bits per heavy atom. The van der Waals surface area contributed by atoms with Crippen LogP contribution in [0.3, 0.4) is 0 Å². The Morgan fingerprint density at radius 2 is 1.87 bits per heavy atom. The smallest absolute Gasteiger partial charge is 0.256 e. The molecule has 0 radical (unpaired) electrons. The maximum atomic E-state index is 12.5. The van der Waals surface area contributed by atoms with Crippen LogP contribution in [0, 0.1) is 0 Å². The predicted octanol–water partition coefficient (Wildman–Crippen LogP) is 3.17. The molecule has 4 nitrogen and oxygen atoms in total. The number of nitrogens with one attached hydrogen (secondary N) is 2. The summed E-state index contributed by atoms with van der Waals surface area (Å²) in [5, 5.41) is 7.53. The summed E-state index contributed by atoms with van der Waals surface area (Å²) in [7, 11) is 1.62. The van der Waals surface area contributed by atoms with Gasteiger partial charge >= 0.3 is 0 Å². The highest BCUT2D eigenvalue weighted by Crippen LogP contribution is 2.30. The van der Waals surface area contributed by atoms with Crippen LogP contribution in [0.5, 0.6) is 0 Å². The van der Waals surface area contributed by atoms with Gasteiger partial charge in [-0.1, -0.05) is 12.1 Å². The molecular formula is C18H20N2O2S. The number of thiophene rings is 1. The Morgan fingerprint density at radius 1 is 1.13 bits per heavy atom. The molecule has 0 fully saturated rings. The Kier molecular flexibility index (Phi) is 4.76. The second kappa shape index (κ2) is 6.96. The molecule has 0 saturated heterocycles. The molecule has 23 heavy (non-hydrogen) atoms. The zero-order chi connectivity index (χ0) is 16.2. The minimum atomic E-state index is -0.0385. The van der Waals surface area contributed by atoms with Crippen LogP contribution in [0.15, 0.2) is 29.6 Å². The van der Waals surface area contributed by atoms with Crippen molar-refractivity contribution in [3.63, 3.8) is 0 Å². The van der Waals surface area contributed by atoms with Gasteiger partial charge in [0.05, 0.1) is 12.0 Å². The molecule has 120 valence electrons. The largest absolute Gasteiger partial charge is 0.359 e. The Balaban J connectivity index is 1.68. The minimum Gasteiger partial charge on any atom is -0.359 e. The lowest BCUT2D eigenvalue weighted by Gasteiger charge is -2.13. The zero-order valence-electron chi connectivity index (χ0n) is 13.1. The number of aryl methyl sites for hydroxylation is 1. The van der Waals surface area contributed by atoms with E-state index in [-0.39, 0.29) is 11.8 Å². The van der Waals surface area contributed by atoms with Gasteiger partial charge in [0.15, 0.2) is 0 Å². The number of likely N-dealkylation sites (N-methyl/N-ethyl adjacent to an activating group) is 1. The molecule has 2 amide bonds. The van der Waals surface area contributed by atoms with Crippen molar-refractivity contribution in [2.24, 2.45) is 0 Å². The van der Waals surface area contributed by atoms with E-state index >= 15 is 0 Å². The van der Waals surface area contributed by atoms with Crippen LogP contribution in [0.25, 0.3) is 0 Å². The first kappa shape index (κ1) is 15.7. The van der Waals surface area contributed by atoms with Crippen molar-refractivity contribution in [2.75, 3.05) is 12.4 Å². The number of hydrogen-bond acceptors (Lipinski definition) is 3. The van der Waals surface area contributed by atoms with Gasteiger partial charge in [0.2, 0.25) is 5.91 Å². The highest BCUT2D eigenvalue weighted by atomic mass is 32.1. The fraction of sp³-hybridized carbons (Fsp3) is 0.333. The first-order valence-electron chi connectivity index (χ1n) is 7.87. The topological polar surface area (TPSA) is 58.2 Å². The highest BCUT2D eigenvalue weighted by molar-refractivity contribution is 7.10. The average molecular weight is 328 g/mol. The van der Waals surface area contributed by atoms with Crippen molar-refractivity contribution in [2.45, 2.75) is 32.1 Å². The minimum absolute atomic E-state index is 0.0216. The number of anilines is 1. The van der Waals surface area contributed by atoms with Gasteiger partial charge in [-0.05, 0) is 48.9 Å². The van der Waals surface area contributed by atoms with Gasteiger partial charge < -0.3 is 10.6 Å². The van der Waals surface area contributed by atoms with Gasteiger partial charge in [-0.25, -0.2) is 0 Å². The molecule has 0 saturated carbocycles. The number of benzene rings is 1. The molecule has 1 aromatic heterocycles. The third-order valence-electron chi connectivity index (χ3n) is 4.16. The maximum Gasteiger partial charge on any atom is 0.256 e. The third-order valence-corrected chi connectivity index (χ3v) is 5.25. The first-order chi connectivity index (χ1) is 11.2. The summed E-state index contributed by atoms with van der Waals surface area (Å²) >= 11 is 1.70. The van der Waals surface area contributed by atoms with E-state index in [0.717, 1.165) is 36.1 Å². The van der Waals surface area contributed by atoms with E-state index in [1.54, 1.807) is 18.4 Å². The van der Waals surface area contributed by atoms with Crippen LogP contribution in [-0.2, 0) is 24.1 Å². The zero-order valence-corrected chi connectivity index (χ0v) is 14.0. The molecule has 2 aromatic rings. The summed E-state index contributed by atoms with van der Waals surface area (Å²) in [6, 6.07) is 7.42. The van der Waals surface area contributed by atoms with Gasteiger partial charge in [0.25, 0.3) is 5.91 Å². The summed E-state index contributed by atoms with van der Waals surface area (Å²) in [4.78, 5) is 25.2. The normalized spacial score (nSPS) is 13.3. The first-order valence-corrected chi connectivity index (χ1v) is 8.75. The monoisotopic (exact) mass is 328 g/mol.